The molecule has 0 radical (unpaired) electrons. The molecule has 0 bridgehead atoms. The van der Waals surface area contributed by atoms with Crippen LogP contribution < -0.4 is 10.1 Å². The molecule has 2 rings (SSSR count). The molecule has 0 spiro atoms. The molecule has 27 heavy (non-hydrogen) atoms. The number of carbonyl (C=O) groups is 1. The van der Waals surface area contributed by atoms with Gasteiger partial charge < -0.3 is 14.8 Å². The molecule has 2 unspecified atom stereocenters. The molecule has 1 aliphatic rings. The molecule has 1 aliphatic carbocycles. The van der Waals surface area contributed by atoms with E-state index in [0.717, 1.165) is 48.2 Å². The smallest absolute Gasteiger partial charge is 0.256 e. The minimum Gasteiger partial charge on any atom is -0.493 e. The summed E-state index contributed by atoms with van der Waals surface area (Å²) >= 11 is 0. The lowest BCUT2D eigenvalue weighted by atomic mass is 9.78. The Morgan fingerprint density at radius 2 is 1.96 bits per heavy atom. The fourth-order valence-electron chi connectivity index (χ4n) is 3.95. The van der Waals surface area contributed by atoms with Crippen LogP contribution in [-0.4, -0.2) is 24.7 Å². The van der Waals surface area contributed by atoms with Crippen molar-refractivity contribution in [3.05, 3.63) is 23.3 Å². The van der Waals surface area contributed by atoms with Crippen LogP contribution in [0, 0.1) is 25.7 Å². The monoisotopic (exact) mass is 375 g/mol. The van der Waals surface area contributed by atoms with Crippen molar-refractivity contribution in [3.63, 3.8) is 0 Å². The average molecular weight is 376 g/mol. The SMILES string of the molecule is CCCOC1(C(=O)Nc2cc(C)c(OCC(C)C)c(C)c2)CCCC(C)C1. The van der Waals surface area contributed by atoms with Crippen molar-refractivity contribution < 1.29 is 14.3 Å². The first-order valence-corrected chi connectivity index (χ1v) is 10.5. The van der Waals surface area contributed by atoms with Gasteiger partial charge in [0.2, 0.25) is 0 Å². The van der Waals surface area contributed by atoms with Crippen molar-refractivity contribution in [1.82, 2.24) is 0 Å². The second kappa shape index (κ2) is 9.59. The topological polar surface area (TPSA) is 47.6 Å². The molecule has 1 N–H and O–H groups in total. The minimum atomic E-state index is -0.692. The van der Waals surface area contributed by atoms with Crippen LogP contribution in [0.2, 0.25) is 0 Å². The van der Waals surface area contributed by atoms with Crippen LogP contribution >= 0.6 is 0 Å². The Kier molecular flexibility index (Phi) is 7.72. The van der Waals surface area contributed by atoms with Gasteiger partial charge in [0.1, 0.15) is 11.4 Å². The number of hydrogen-bond donors (Lipinski definition) is 1. The Labute approximate surface area is 165 Å². The highest BCUT2D eigenvalue weighted by molar-refractivity contribution is 5.97. The van der Waals surface area contributed by atoms with Gasteiger partial charge in [0.05, 0.1) is 6.61 Å². The van der Waals surface area contributed by atoms with Crippen molar-refractivity contribution in [2.75, 3.05) is 18.5 Å². The first kappa shape index (κ1) is 21.7. The molecule has 0 heterocycles. The summed E-state index contributed by atoms with van der Waals surface area (Å²) in [5.41, 5.74) is 2.23. The van der Waals surface area contributed by atoms with Gasteiger partial charge in [-0.25, -0.2) is 0 Å². The van der Waals surface area contributed by atoms with Gasteiger partial charge in [0.25, 0.3) is 5.91 Å². The molecular formula is C23H37NO3. The number of aryl methyl sites for hydroxylation is 2. The second-order valence-electron chi connectivity index (χ2n) is 8.64. The van der Waals surface area contributed by atoms with Crippen LogP contribution in [0.15, 0.2) is 12.1 Å². The number of nitrogens with one attached hydrogen (secondary N) is 1. The molecule has 0 aromatic heterocycles. The summed E-state index contributed by atoms with van der Waals surface area (Å²) in [6.07, 6.45) is 4.73. The highest BCUT2D eigenvalue weighted by Gasteiger charge is 2.42. The van der Waals surface area contributed by atoms with Crippen LogP contribution in [0.5, 0.6) is 5.75 Å². The number of anilines is 1. The van der Waals surface area contributed by atoms with Gasteiger partial charge in [-0.1, -0.05) is 34.1 Å². The summed E-state index contributed by atoms with van der Waals surface area (Å²) in [7, 11) is 0. The van der Waals surface area contributed by atoms with Gasteiger partial charge in [0, 0.05) is 12.3 Å². The number of hydrogen-bond acceptors (Lipinski definition) is 3. The molecule has 1 fully saturated rings. The molecule has 4 nitrogen and oxygen atoms in total. The Bertz CT molecular complexity index is 618. The van der Waals surface area contributed by atoms with Crippen molar-refractivity contribution in [3.8, 4) is 5.75 Å². The van der Waals surface area contributed by atoms with Gasteiger partial charge in [-0.15, -0.1) is 0 Å². The highest BCUT2D eigenvalue weighted by Crippen LogP contribution is 2.37. The summed E-state index contributed by atoms with van der Waals surface area (Å²) in [6.45, 7) is 14.0. The van der Waals surface area contributed by atoms with E-state index < -0.39 is 5.60 Å². The van der Waals surface area contributed by atoms with E-state index in [1.807, 2.05) is 26.0 Å². The molecule has 152 valence electrons. The Hall–Kier alpha value is -1.55. The van der Waals surface area contributed by atoms with E-state index in [0.29, 0.717) is 25.0 Å². The van der Waals surface area contributed by atoms with Crippen molar-refractivity contribution >= 4 is 11.6 Å². The van der Waals surface area contributed by atoms with Crippen molar-refractivity contribution in [2.45, 2.75) is 79.2 Å². The number of rotatable bonds is 8. The number of benzene rings is 1. The zero-order chi connectivity index (χ0) is 20.0. The Morgan fingerprint density at radius 3 is 2.52 bits per heavy atom. The fourth-order valence-corrected chi connectivity index (χ4v) is 3.95. The van der Waals surface area contributed by atoms with Crippen LogP contribution in [-0.2, 0) is 9.53 Å². The lowest BCUT2D eigenvalue weighted by molar-refractivity contribution is -0.148. The highest BCUT2D eigenvalue weighted by atomic mass is 16.5. The molecule has 0 aliphatic heterocycles. The van der Waals surface area contributed by atoms with Gasteiger partial charge in [-0.05, 0) is 74.6 Å². The molecule has 1 aromatic carbocycles. The van der Waals surface area contributed by atoms with E-state index >= 15 is 0 Å². The average Bonchev–Trinajstić information content (AvgIpc) is 2.59. The van der Waals surface area contributed by atoms with Gasteiger partial charge in [-0.3, -0.25) is 4.79 Å². The van der Waals surface area contributed by atoms with Crippen LogP contribution in [0.25, 0.3) is 0 Å². The van der Waals surface area contributed by atoms with Crippen molar-refractivity contribution in [1.29, 1.82) is 0 Å². The number of ether oxygens (including phenoxy) is 2. The standard InChI is InChI=1S/C23H37NO3/c1-7-11-27-23(10-8-9-17(4)14-23)22(25)24-20-12-18(5)21(19(6)13-20)26-15-16(2)3/h12-13,16-17H,7-11,14-15H2,1-6H3,(H,24,25). The molecule has 1 amide bonds. The zero-order valence-electron chi connectivity index (χ0n) is 18.0. The van der Waals surface area contributed by atoms with Crippen LogP contribution in [0.4, 0.5) is 5.69 Å². The Morgan fingerprint density at radius 1 is 1.30 bits per heavy atom. The molecule has 1 saturated carbocycles. The van der Waals surface area contributed by atoms with Crippen LogP contribution in [0.3, 0.4) is 0 Å². The van der Waals surface area contributed by atoms with E-state index in [2.05, 4.69) is 33.0 Å². The summed E-state index contributed by atoms with van der Waals surface area (Å²) in [6, 6.07) is 4.00. The number of carbonyl (C=O) groups excluding carboxylic acids is 1. The second-order valence-corrected chi connectivity index (χ2v) is 8.64. The third-order valence-corrected chi connectivity index (χ3v) is 5.23. The molecule has 2 atom stereocenters. The van der Waals surface area contributed by atoms with E-state index in [-0.39, 0.29) is 5.91 Å². The Balaban J connectivity index is 2.17. The molecular weight excluding hydrogens is 338 g/mol. The summed E-state index contributed by atoms with van der Waals surface area (Å²) in [5.74, 6) is 1.91. The normalized spacial score (nSPS) is 22.7. The summed E-state index contributed by atoms with van der Waals surface area (Å²) in [4.78, 5) is 13.2. The van der Waals surface area contributed by atoms with Crippen LogP contribution in [0.1, 0.15) is 70.9 Å². The minimum absolute atomic E-state index is 0.00264. The first-order valence-electron chi connectivity index (χ1n) is 10.5. The maximum absolute atomic E-state index is 13.2. The van der Waals surface area contributed by atoms with Gasteiger partial charge >= 0.3 is 0 Å². The predicted octanol–water partition coefficient (Wildman–Crippen LogP) is 5.65. The maximum atomic E-state index is 13.2. The number of amides is 1. The molecule has 0 saturated heterocycles. The van der Waals surface area contributed by atoms with Gasteiger partial charge in [-0.2, -0.15) is 0 Å². The molecule has 1 aromatic rings. The zero-order valence-corrected chi connectivity index (χ0v) is 18.0. The third-order valence-electron chi connectivity index (χ3n) is 5.23. The summed E-state index contributed by atoms with van der Waals surface area (Å²) < 4.78 is 12.1. The lowest BCUT2D eigenvalue weighted by Gasteiger charge is -2.38. The fraction of sp³-hybridized carbons (Fsp3) is 0.696. The largest absolute Gasteiger partial charge is 0.493 e. The van der Waals surface area contributed by atoms with E-state index in [1.54, 1.807) is 0 Å². The maximum Gasteiger partial charge on any atom is 0.256 e. The summed E-state index contributed by atoms with van der Waals surface area (Å²) in [5, 5.41) is 3.14. The van der Waals surface area contributed by atoms with E-state index in [4.69, 9.17) is 9.47 Å². The van der Waals surface area contributed by atoms with Crippen molar-refractivity contribution in [2.24, 2.45) is 11.8 Å². The van der Waals surface area contributed by atoms with E-state index in [1.165, 1.54) is 6.42 Å². The lowest BCUT2D eigenvalue weighted by Crippen LogP contribution is -2.48. The van der Waals surface area contributed by atoms with Gasteiger partial charge in [0.15, 0.2) is 0 Å². The first-order chi connectivity index (χ1) is 12.8. The predicted molar refractivity (Wildman–Crippen MR) is 111 cm³/mol. The molecule has 4 heteroatoms. The van der Waals surface area contributed by atoms with E-state index in [9.17, 15) is 4.79 Å². The third kappa shape index (κ3) is 5.71. The quantitative estimate of drug-likeness (QED) is 0.638.